The lowest BCUT2D eigenvalue weighted by atomic mass is 10.1. The summed E-state index contributed by atoms with van der Waals surface area (Å²) in [5, 5.41) is 12.7. The average Bonchev–Trinajstić information content (AvgIpc) is 2.90. The molecule has 1 amide bonds. The highest BCUT2D eigenvalue weighted by Gasteiger charge is 2.41. The van der Waals surface area contributed by atoms with Gasteiger partial charge in [0.1, 0.15) is 17.5 Å². The van der Waals surface area contributed by atoms with Crippen molar-refractivity contribution >= 4 is 12.1 Å². The maximum Gasteiger partial charge on any atom is 0.411 e. The summed E-state index contributed by atoms with van der Waals surface area (Å²) in [6, 6.07) is 4.93. The van der Waals surface area contributed by atoms with Crippen molar-refractivity contribution < 1.29 is 23.8 Å². The normalized spacial score (nSPS) is 21.9. The van der Waals surface area contributed by atoms with Gasteiger partial charge < -0.3 is 15.2 Å². The van der Waals surface area contributed by atoms with Gasteiger partial charge in [0.25, 0.3) is 0 Å². The van der Waals surface area contributed by atoms with Crippen molar-refractivity contribution in [3.63, 3.8) is 0 Å². The standard InChI is InChI=1S/C18H25FN2O4/c1-11(12-5-7-13(19)8-6-12)20-14-9-15(16(22)23)21(10-14)17(24)25-18(2,3)4/h5-8,11,14-15,20H,9-10H2,1-4H3,(H,22,23)/t11-,14-,15?/m0/s1. The van der Waals surface area contributed by atoms with E-state index >= 15 is 0 Å². The van der Waals surface area contributed by atoms with Gasteiger partial charge in [0, 0.05) is 18.6 Å². The Bertz CT molecular complexity index is 627. The molecule has 0 radical (unpaired) electrons. The molecule has 1 aromatic carbocycles. The fourth-order valence-corrected chi connectivity index (χ4v) is 2.91. The van der Waals surface area contributed by atoms with Gasteiger partial charge in [-0.1, -0.05) is 12.1 Å². The molecule has 0 spiro atoms. The van der Waals surface area contributed by atoms with Crippen molar-refractivity contribution in [2.45, 2.75) is 57.8 Å². The molecular formula is C18H25FN2O4. The highest BCUT2D eigenvalue weighted by atomic mass is 19.1. The van der Waals surface area contributed by atoms with Gasteiger partial charge in [-0.2, -0.15) is 0 Å². The summed E-state index contributed by atoms with van der Waals surface area (Å²) in [5.41, 5.74) is 0.205. The minimum absolute atomic E-state index is 0.0985. The topological polar surface area (TPSA) is 78.9 Å². The molecule has 1 aliphatic heterocycles. The average molecular weight is 352 g/mol. The second-order valence-corrected chi connectivity index (χ2v) is 7.36. The van der Waals surface area contributed by atoms with Crippen molar-refractivity contribution in [1.82, 2.24) is 10.2 Å². The summed E-state index contributed by atoms with van der Waals surface area (Å²) in [4.78, 5) is 25.0. The number of halogens is 1. The fourth-order valence-electron chi connectivity index (χ4n) is 2.91. The lowest BCUT2D eigenvalue weighted by Crippen LogP contribution is -2.44. The van der Waals surface area contributed by atoms with Crippen LogP contribution in [0.1, 0.15) is 45.7 Å². The number of hydrogen-bond donors (Lipinski definition) is 2. The second kappa shape index (κ2) is 7.39. The summed E-state index contributed by atoms with van der Waals surface area (Å²) < 4.78 is 18.3. The van der Waals surface area contributed by atoms with E-state index in [0.29, 0.717) is 6.42 Å². The Kier molecular flexibility index (Phi) is 5.67. The maximum absolute atomic E-state index is 13.0. The number of benzene rings is 1. The van der Waals surface area contributed by atoms with E-state index in [1.54, 1.807) is 32.9 Å². The van der Waals surface area contributed by atoms with Gasteiger partial charge >= 0.3 is 12.1 Å². The van der Waals surface area contributed by atoms with E-state index in [2.05, 4.69) is 5.32 Å². The summed E-state index contributed by atoms with van der Waals surface area (Å²) in [5.74, 6) is -1.36. The molecule has 7 heteroatoms. The smallest absolute Gasteiger partial charge is 0.411 e. The van der Waals surface area contributed by atoms with Gasteiger partial charge in [-0.3, -0.25) is 4.90 Å². The molecule has 3 atom stereocenters. The van der Waals surface area contributed by atoms with Crippen molar-refractivity contribution in [2.24, 2.45) is 0 Å². The molecule has 1 fully saturated rings. The molecule has 1 heterocycles. The van der Waals surface area contributed by atoms with E-state index in [0.717, 1.165) is 5.56 Å². The summed E-state index contributed by atoms with van der Waals surface area (Å²) in [6.45, 7) is 7.38. The first-order chi connectivity index (χ1) is 11.6. The Balaban J connectivity index is 2.04. The minimum atomic E-state index is -1.05. The monoisotopic (exact) mass is 352 g/mol. The number of rotatable bonds is 4. The van der Waals surface area contributed by atoms with E-state index in [1.807, 2.05) is 6.92 Å². The zero-order chi connectivity index (χ0) is 18.8. The number of nitrogens with zero attached hydrogens (tertiary/aromatic N) is 1. The minimum Gasteiger partial charge on any atom is -0.480 e. The van der Waals surface area contributed by atoms with Gasteiger partial charge in [0.2, 0.25) is 0 Å². The molecular weight excluding hydrogens is 327 g/mol. The third-order valence-corrected chi connectivity index (χ3v) is 4.07. The first-order valence-electron chi connectivity index (χ1n) is 8.31. The van der Waals surface area contributed by atoms with Crippen molar-refractivity contribution in [2.75, 3.05) is 6.54 Å². The zero-order valence-electron chi connectivity index (χ0n) is 15.0. The Morgan fingerprint density at radius 3 is 2.44 bits per heavy atom. The molecule has 1 aromatic rings. The zero-order valence-corrected chi connectivity index (χ0v) is 15.0. The predicted octanol–water partition coefficient (Wildman–Crippen LogP) is 2.94. The Labute approximate surface area is 147 Å². The molecule has 2 N–H and O–H groups in total. The van der Waals surface area contributed by atoms with Crippen LogP contribution in [-0.2, 0) is 9.53 Å². The molecule has 25 heavy (non-hydrogen) atoms. The first kappa shape index (κ1) is 19.2. The third-order valence-electron chi connectivity index (χ3n) is 4.07. The van der Waals surface area contributed by atoms with Gasteiger partial charge in [0.15, 0.2) is 0 Å². The van der Waals surface area contributed by atoms with E-state index < -0.39 is 23.7 Å². The number of carbonyl (C=O) groups excluding carboxylic acids is 1. The molecule has 1 saturated heterocycles. The van der Waals surface area contributed by atoms with E-state index in [4.69, 9.17) is 4.74 Å². The molecule has 0 aromatic heterocycles. The second-order valence-electron chi connectivity index (χ2n) is 7.36. The summed E-state index contributed by atoms with van der Waals surface area (Å²) in [7, 11) is 0. The maximum atomic E-state index is 13.0. The highest BCUT2D eigenvalue weighted by molar-refractivity contribution is 5.81. The van der Waals surface area contributed by atoms with Crippen LogP contribution in [-0.4, -0.2) is 46.3 Å². The van der Waals surface area contributed by atoms with Crippen LogP contribution in [0.4, 0.5) is 9.18 Å². The predicted molar refractivity (Wildman–Crippen MR) is 90.7 cm³/mol. The summed E-state index contributed by atoms with van der Waals surface area (Å²) >= 11 is 0. The van der Waals surface area contributed by atoms with Crippen molar-refractivity contribution in [3.05, 3.63) is 35.6 Å². The van der Waals surface area contributed by atoms with Gasteiger partial charge in [0.05, 0.1) is 0 Å². The molecule has 1 aliphatic rings. The van der Waals surface area contributed by atoms with Crippen LogP contribution in [0.25, 0.3) is 0 Å². The molecule has 6 nitrogen and oxygen atoms in total. The van der Waals surface area contributed by atoms with E-state index in [9.17, 15) is 19.1 Å². The van der Waals surface area contributed by atoms with Gasteiger partial charge in [-0.15, -0.1) is 0 Å². The number of ether oxygens (including phenoxy) is 1. The van der Waals surface area contributed by atoms with Crippen LogP contribution in [0.15, 0.2) is 24.3 Å². The number of carboxylic acids is 1. The van der Waals surface area contributed by atoms with Crippen LogP contribution in [0.3, 0.4) is 0 Å². The number of nitrogens with one attached hydrogen (secondary N) is 1. The fraction of sp³-hybridized carbons (Fsp3) is 0.556. The van der Waals surface area contributed by atoms with Crippen molar-refractivity contribution in [1.29, 1.82) is 0 Å². The lowest BCUT2D eigenvalue weighted by molar-refractivity contribution is -0.142. The third kappa shape index (κ3) is 5.16. The first-order valence-corrected chi connectivity index (χ1v) is 8.31. The van der Waals surface area contributed by atoms with E-state index in [-0.39, 0.29) is 24.4 Å². The van der Waals surface area contributed by atoms with Gasteiger partial charge in [-0.25, -0.2) is 14.0 Å². The largest absolute Gasteiger partial charge is 0.480 e. The van der Waals surface area contributed by atoms with Crippen LogP contribution in [0, 0.1) is 5.82 Å². The number of hydrogen-bond acceptors (Lipinski definition) is 4. The van der Waals surface area contributed by atoms with Crippen LogP contribution in [0.2, 0.25) is 0 Å². The number of carbonyl (C=O) groups is 2. The molecule has 0 aliphatic carbocycles. The quantitative estimate of drug-likeness (QED) is 0.871. The molecule has 2 rings (SSSR count). The van der Waals surface area contributed by atoms with E-state index in [1.165, 1.54) is 17.0 Å². The highest BCUT2D eigenvalue weighted by Crippen LogP contribution is 2.24. The van der Waals surface area contributed by atoms with Crippen LogP contribution >= 0.6 is 0 Å². The number of likely N-dealkylation sites (tertiary alicyclic amines) is 1. The lowest BCUT2D eigenvalue weighted by Gasteiger charge is -2.27. The Morgan fingerprint density at radius 2 is 1.92 bits per heavy atom. The SMILES string of the molecule is C[C@H](N[C@H]1CC(C(=O)O)N(C(=O)OC(C)(C)C)C1)c1ccc(F)cc1. The number of carboxylic acid groups (broad SMARTS) is 1. The van der Waals surface area contributed by atoms with Crippen LogP contribution in [0.5, 0.6) is 0 Å². The molecule has 0 saturated carbocycles. The Morgan fingerprint density at radius 1 is 1.32 bits per heavy atom. The van der Waals surface area contributed by atoms with Gasteiger partial charge in [-0.05, 0) is 51.8 Å². The molecule has 1 unspecified atom stereocenters. The summed E-state index contributed by atoms with van der Waals surface area (Å²) in [6.07, 6.45) is -0.334. The molecule has 0 bridgehead atoms. The van der Waals surface area contributed by atoms with Crippen LogP contribution < -0.4 is 5.32 Å². The Hall–Kier alpha value is -2.15. The number of amides is 1. The number of aliphatic carboxylic acids is 1. The molecule has 138 valence electrons. The van der Waals surface area contributed by atoms with Crippen molar-refractivity contribution in [3.8, 4) is 0 Å².